The predicted octanol–water partition coefficient (Wildman–Crippen LogP) is 5.67. The number of hydrogen-bond donors (Lipinski definition) is 1. The van der Waals surface area contributed by atoms with Gasteiger partial charge in [-0.3, -0.25) is 10.1 Å². The number of rotatable bonds is 3. The van der Waals surface area contributed by atoms with Crippen LogP contribution in [0.4, 0.5) is 0 Å². The Kier molecular flexibility index (Phi) is 3.83. The lowest BCUT2D eigenvalue weighted by Gasteiger charge is -2.16. The average Bonchev–Trinajstić information content (AvgIpc) is 3.26. The molecule has 2 aromatic carbocycles. The fraction of sp³-hybridized carbons (Fsp3) is 0.292. The van der Waals surface area contributed by atoms with Gasteiger partial charge in [0.1, 0.15) is 0 Å². The fourth-order valence-electron chi connectivity index (χ4n) is 4.52. The first-order chi connectivity index (χ1) is 13.6. The highest BCUT2D eigenvalue weighted by Gasteiger charge is 2.19. The van der Waals surface area contributed by atoms with Crippen LogP contribution in [0.5, 0.6) is 0 Å². The van der Waals surface area contributed by atoms with Crippen molar-refractivity contribution in [3.8, 4) is 11.3 Å². The number of hydrogen-bond acceptors (Lipinski definition) is 3. The highest BCUT2D eigenvalue weighted by molar-refractivity contribution is 6.09. The third-order valence-electron chi connectivity index (χ3n) is 5.99. The Hall–Kier alpha value is -3.01. The minimum Gasteiger partial charge on any atom is -0.285 e. The van der Waals surface area contributed by atoms with Crippen LogP contribution in [-0.4, -0.2) is 20.9 Å². The summed E-state index contributed by atoms with van der Waals surface area (Å²) in [6.45, 7) is 9.45. The van der Waals surface area contributed by atoms with Gasteiger partial charge in [0.25, 0.3) is 0 Å². The van der Waals surface area contributed by atoms with Crippen molar-refractivity contribution < 1.29 is 0 Å². The van der Waals surface area contributed by atoms with Crippen molar-refractivity contribution in [1.29, 1.82) is 0 Å². The van der Waals surface area contributed by atoms with Gasteiger partial charge in [0.05, 0.1) is 23.3 Å². The highest BCUT2D eigenvalue weighted by atomic mass is 15.1. The summed E-state index contributed by atoms with van der Waals surface area (Å²) in [7, 11) is 0. The zero-order valence-electron chi connectivity index (χ0n) is 16.8. The molecule has 1 aliphatic heterocycles. The second kappa shape index (κ2) is 6.26. The van der Waals surface area contributed by atoms with Gasteiger partial charge in [-0.1, -0.05) is 25.5 Å². The number of benzene rings is 2. The van der Waals surface area contributed by atoms with Crippen LogP contribution in [0.25, 0.3) is 33.1 Å². The molecule has 2 aromatic heterocycles. The summed E-state index contributed by atoms with van der Waals surface area (Å²) in [6, 6.07) is 10.9. The second-order valence-electron chi connectivity index (χ2n) is 7.79. The highest BCUT2D eigenvalue weighted by Crippen LogP contribution is 2.36. The van der Waals surface area contributed by atoms with Crippen molar-refractivity contribution in [1.82, 2.24) is 15.2 Å². The quantitative estimate of drug-likeness (QED) is 0.506. The fourth-order valence-corrected chi connectivity index (χ4v) is 4.52. The van der Waals surface area contributed by atoms with Gasteiger partial charge in [0.15, 0.2) is 0 Å². The second-order valence-corrected chi connectivity index (χ2v) is 7.79. The lowest BCUT2D eigenvalue weighted by Crippen LogP contribution is -2.01. The van der Waals surface area contributed by atoms with Crippen LogP contribution < -0.4 is 0 Å². The molecule has 0 radical (unpaired) electrons. The third kappa shape index (κ3) is 2.40. The van der Waals surface area contributed by atoms with Gasteiger partial charge in [-0.15, -0.1) is 0 Å². The van der Waals surface area contributed by atoms with E-state index in [0.29, 0.717) is 0 Å². The van der Waals surface area contributed by atoms with Gasteiger partial charge in [-0.2, -0.15) is 5.10 Å². The molecule has 0 aliphatic carbocycles. The van der Waals surface area contributed by atoms with Crippen molar-refractivity contribution in [3.05, 3.63) is 58.3 Å². The summed E-state index contributed by atoms with van der Waals surface area (Å²) >= 11 is 0. The molecule has 0 atom stereocenters. The van der Waals surface area contributed by atoms with Crippen molar-refractivity contribution in [2.45, 2.75) is 47.1 Å². The van der Waals surface area contributed by atoms with Crippen LogP contribution in [0.15, 0.2) is 35.3 Å². The average molecular weight is 368 g/mol. The van der Waals surface area contributed by atoms with E-state index in [1.54, 1.807) is 0 Å². The summed E-state index contributed by atoms with van der Waals surface area (Å²) in [6.07, 6.45) is 2.11. The topological polar surface area (TPSA) is 53.9 Å². The van der Waals surface area contributed by atoms with E-state index in [1.807, 2.05) is 0 Å². The Balaban J connectivity index is 1.83. The molecular formula is C24H24N4. The number of H-pyrrole nitrogens is 1. The van der Waals surface area contributed by atoms with Gasteiger partial charge in [-0.25, -0.2) is 4.98 Å². The molecular weight excluding hydrogens is 344 g/mol. The molecule has 0 fully saturated rings. The van der Waals surface area contributed by atoms with Crippen LogP contribution >= 0.6 is 0 Å². The number of nitrogens with one attached hydrogen (secondary N) is 1. The first-order valence-electron chi connectivity index (χ1n) is 10.00. The molecule has 28 heavy (non-hydrogen) atoms. The van der Waals surface area contributed by atoms with E-state index in [4.69, 9.17) is 4.98 Å². The Labute approximate surface area is 164 Å². The molecule has 1 aliphatic rings. The van der Waals surface area contributed by atoms with Crippen LogP contribution in [-0.2, 0) is 13.0 Å². The molecule has 140 valence electrons. The van der Waals surface area contributed by atoms with Gasteiger partial charge in [0, 0.05) is 33.3 Å². The first kappa shape index (κ1) is 17.1. The molecule has 4 nitrogen and oxygen atoms in total. The van der Waals surface area contributed by atoms with Gasteiger partial charge < -0.3 is 0 Å². The Morgan fingerprint density at radius 2 is 1.82 bits per heavy atom. The molecule has 5 rings (SSSR count). The Bertz CT molecular complexity index is 1280. The van der Waals surface area contributed by atoms with Gasteiger partial charge in [0.2, 0.25) is 0 Å². The smallest absolute Gasteiger partial charge is 0.0931 e. The summed E-state index contributed by atoms with van der Waals surface area (Å²) in [5.41, 5.74) is 11.8. The lowest BCUT2D eigenvalue weighted by atomic mass is 9.91. The normalized spacial score (nSPS) is 13.4. The standard InChI is InChI=1S/C24H24N4/c1-5-6-18-13(2)22-20(9-10-21-23(22)15(4)27-28-21)26-24(18)16-7-8-17-12-25-14(3)19(17)11-16/h7-11H,5-6,12H2,1-4H3,(H,27,28). The van der Waals surface area contributed by atoms with Gasteiger partial charge >= 0.3 is 0 Å². The maximum atomic E-state index is 5.16. The molecule has 0 saturated heterocycles. The number of aromatic nitrogens is 3. The van der Waals surface area contributed by atoms with Crippen LogP contribution in [0.2, 0.25) is 0 Å². The number of nitrogens with zero attached hydrogens (tertiary/aromatic N) is 3. The molecule has 0 amide bonds. The molecule has 0 spiro atoms. The molecule has 0 bridgehead atoms. The van der Waals surface area contributed by atoms with Crippen LogP contribution in [0.3, 0.4) is 0 Å². The molecule has 0 saturated carbocycles. The van der Waals surface area contributed by atoms with E-state index in [-0.39, 0.29) is 0 Å². The summed E-state index contributed by atoms with van der Waals surface area (Å²) in [5, 5.41) is 10.0. The number of fused-ring (bicyclic) bond motifs is 4. The van der Waals surface area contributed by atoms with Crippen LogP contribution in [0, 0.1) is 13.8 Å². The van der Waals surface area contributed by atoms with Crippen molar-refractivity contribution >= 4 is 27.5 Å². The predicted molar refractivity (Wildman–Crippen MR) is 116 cm³/mol. The van der Waals surface area contributed by atoms with E-state index in [9.17, 15) is 0 Å². The summed E-state index contributed by atoms with van der Waals surface area (Å²) in [4.78, 5) is 9.75. The zero-order chi connectivity index (χ0) is 19.4. The largest absolute Gasteiger partial charge is 0.285 e. The van der Waals surface area contributed by atoms with Crippen molar-refractivity contribution in [2.24, 2.45) is 4.99 Å². The number of aliphatic imine (C=N–C) groups is 1. The zero-order valence-corrected chi connectivity index (χ0v) is 16.8. The number of aryl methyl sites for hydroxylation is 2. The van der Waals surface area contributed by atoms with E-state index >= 15 is 0 Å². The van der Waals surface area contributed by atoms with Crippen molar-refractivity contribution in [3.63, 3.8) is 0 Å². The number of pyridine rings is 1. The summed E-state index contributed by atoms with van der Waals surface area (Å²) in [5.74, 6) is 0. The first-order valence-corrected chi connectivity index (χ1v) is 10.00. The van der Waals surface area contributed by atoms with Crippen molar-refractivity contribution in [2.75, 3.05) is 0 Å². The summed E-state index contributed by atoms with van der Waals surface area (Å²) < 4.78 is 0. The monoisotopic (exact) mass is 368 g/mol. The minimum atomic E-state index is 0.797. The molecule has 1 N–H and O–H groups in total. The maximum absolute atomic E-state index is 5.16. The molecule has 4 heteroatoms. The van der Waals surface area contributed by atoms with E-state index < -0.39 is 0 Å². The van der Waals surface area contributed by atoms with Gasteiger partial charge in [-0.05, 0) is 62.1 Å². The van der Waals surface area contributed by atoms with E-state index in [2.05, 4.69) is 73.2 Å². The maximum Gasteiger partial charge on any atom is 0.0931 e. The SMILES string of the molecule is CCCc1c(-c2ccc3c(c2)C(C)=NC3)nc2ccc3n[nH]c(C)c3c2c1C. The Morgan fingerprint density at radius 3 is 2.64 bits per heavy atom. The lowest BCUT2D eigenvalue weighted by molar-refractivity contribution is 0.911. The Morgan fingerprint density at radius 1 is 1.00 bits per heavy atom. The molecule has 3 heterocycles. The minimum absolute atomic E-state index is 0.797. The van der Waals surface area contributed by atoms with Crippen LogP contribution in [0.1, 0.15) is 48.2 Å². The molecule has 0 unspecified atom stereocenters. The number of aromatic amines is 1. The third-order valence-corrected chi connectivity index (χ3v) is 5.99. The molecule has 4 aromatic rings. The van der Waals surface area contributed by atoms with E-state index in [0.717, 1.165) is 47.5 Å². The van der Waals surface area contributed by atoms with E-state index in [1.165, 1.54) is 38.6 Å².